The number of piperidine rings is 1. The molecule has 1 aliphatic heterocycles. The Bertz CT molecular complexity index is 524. The molecule has 0 spiro atoms. The van der Waals surface area contributed by atoms with Gasteiger partial charge in [-0.3, -0.25) is 4.79 Å². The van der Waals surface area contributed by atoms with E-state index in [1.54, 1.807) is 13.8 Å². The monoisotopic (exact) mass is 386 g/mol. The smallest absolute Gasteiger partial charge is 0.223 e. The molecule has 2 aliphatic rings. The van der Waals surface area contributed by atoms with Gasteiger partial charge in [0.05, 0.1) is 23.7 Å². The molecular weight excluding hydrogens is 351 g/mol. The number of nitrogens with two attached hydrogens (primary N) is 2. The maximum absolute atomic E-state index is 14.1. The summed E-state index contributed by atoms with van der Waals surface area (Å²) in [6.45, 7) is 5.22. The molecular formula is C19H35FN4O3. The largest absolute Gasteiger partial charge is 0.389 e. The second kappa shape index (κ2) is 9.82. The van der Waals surface area contributed by atoms with Crippen molar-refractivity contribution in [1.82, 2.24) is 10.6 Å². The van der Waals surface area contributed by atoms with Crippen LogP contribution in [-0.4, -0.2) is 61.2 Å². The van der Waals surface area contributed by atoms with Crippen molar-refractivity contribution < 1.29 is 19.0 Å². The summed E-state index contributed by atoms with van der Waals surface area (Å²) < 4.78 is 20.1. The Morgan fingerprint density at radius 2 is 2.11 bits per heavy atom. The number of carbonyl (C=O) groups is 1. The van der Waals surface area contributed by atoms with Crippen LogP contribution in [0.15, 0.2) is 11.8 Å². The van der Waals surface area contributed by atoms with Crippen LogP contribution < -0.4 is 22.1 Å². The first-order valence-electron chi connectivity index (χ1n) is 9.85. The number of hydrogen-bond acceptors (Lipinski definition) is 6. The van der Waals surface area contributed by atoms with E-state index < -0.39 is 29.7 Å². The molecule has 1 saturated carbocycles. The van der Waals surface area contributed by atoms with E-state index >= 15 is 0 Å². The minimum absolute atomic E-state index is 0.121. The van der Waals surface area contributed by atoms with E-state index in [0.717, 1.165) is 12.0 Å². The molecule has 156 valence electrons. The average molecular weight is 387 g/mol. The van der Waals surface area contributed by atoms with Gasteiger partial charge in [-0.05, 0) is 63.8 Å². The van der Waals surface area contributed by atoms with Crippen molar-refractivity contribution in [1.29, 1.82) is 0 Å². The van der Waals surface area contributed by atoms with Crippen LogP contribution in [0.3, 0.4) is 0 Å². The standard InChI is InChI=1S/C19H35FN4O3/c1-19(2,26)11-24-9-13(8-21)12-3-4-16(14(7-12)18(22)25)27-17-5-6-23-10-15(17)20/h9,12,14-17,23-24,26H,3-8,10-11,21H2,1-2H3,(H2,22,25)/b13-9+. The molecule has 27 heavy (non-hydrogen) atoms. The average Bonchev–Trinajstić information content (AvgIpc) is 2.60. The number of ether oxygens (including phenoxy) is 1. The molecule has 0 aromatic rings. The highest BCUT2D eigenvalue weighted by Crippen LogP contribution is 2.36. The number of carbonyl (C=O) groups excluding carboxylic acids is 1. The van der Waals surface area contributed by atoms with Gasteiger partial charge < -0.3 is 31.9 Å². The summed E-state index contributed by atoms with van der Waals surface area (Å²) in [4.78, 5) is 12.0. The van der Waals surface area contributed by atoms with Crippen molar-refractivity contribution in [3.63, 3.8) is 0 Å². The predicted molar refractivity (Wildman–Crippen MR) is 103 cm³/mol. The van der Waals surface area contributed by atoms with Gasteiger partial charge in [0.1, 0.15) is 6.17 Å². The first kappa shape index (κ1) is 22.1. The number of amides is 1. The van der Waals surface area contributed by atoms with Crippen molar-refractivity contribution in [3.8, 4) is 0 Å². The quantitative estimate of drug-likeness (QED) is 0.405. The van der Waals surface area contributed by atoms with Gasteiger partial charge in [-0.25, -0.2) is 4.39 Å². The predicted octanol–water partition coefficient (Wildman–Crippen LogP) is 0.176. The van der Waals surface area contributed by atoms with Crippen molar-refractivity contribution in [2.75, 3.05) is 26.2 Å². The fourth-order valence-electron chi connectivity index (χ4n) is 3.89. The molecule has 2 fully saturated rings. The zero-order chi connectivity index (χ0) is 20.0. The summed E-state index contributed by atoms with van der Waals surface area (Å²) in [6.07, 6.45) is 2.57. The molecule has 0 aromatic heterocycles. The van der Waals surface area contributed by atoms with E-state index in [1.165, 1.54) is 0 Å². The summed E-state index contributed by atoms with van der Waals surface area (Å²) >= 11 is 0. The number of alkyl halides is 1. The Balaban J connectivity index is 1.99. The number of aliphatic hydroxyl groups is 1. The molecule has 1 aliphatic carbocycles. The molecule has 7 N–H and O–H groups in total. The molecule has 0 radical (unpaired) electrons. The van der Waals surface area contributed by atoms with Crippen molar-refractivity contribution >= 4 is 5.91 Å². The second-order valence-electron chi connectivity index (χ2n) is 8.36. The molecule has 1 amide bonds. The molecule has 5 unspecified atom stereocenters. The number of primary amides is 1. The number of hydrogen-bond donors (Lipinski definition) is 5. The Kier molecular flexibility index (Phi) is 8.03. The number of rotatable bonds is 8. The minimum Gasteiger partial charge on any atom is -0.389 e. The molecule has 2 rings (SSSR count). The maximum Gasteiger partial charge on any atom is 0.223 e. The second-order valence-corrected chi connectivity index (χ2v) is 8.36. The summed E-state index contributed by atoms with van der Waals surface area (Å²) in [5.74, 6) is -0.735. The highest BCUT2D eigenvalue weighted by molar-refractivity contribution is 5.77. The lowest BCUT2D eigenvalue weighted by molar-refractivity contribution is -0.139. The van der Waals surface area contributed by atoms with E-state index in [4.69, 9.17) is 16.2 Å². The first-order chi connectivity index (χ1) is 12.7. The van der Waals surface area contributed by atoms with Gasteiger partial charge in [-0.2, -0.15) is 0 Å². The molecule has 1 heterocycles. The third kappa shape index (κ3) is 6.71. The molecule has 0 aromatic carbocycles. The third-order valence-corrected chi connectivity index (χ3v) is 5.43. The van der Waals surface area contributed by atoms with Crippen molar-refractivity contribution in [2.45, 2.75) is 63.5 Å². The van der Waals surface area contributed by atoms with E-state index in [1.807, 2.05) is 6.20 Å². The van der Waals surface area contributed by atoms with Crippen LogP contribution in [0.1, 0.15) is 39.5 Å². The Hall–Kier alpha value is -1.22. The van der Waals surface area contributed by atoms with Crippen LogP contribution in [0, 0.1) is 11.8 Å². The van der Waals surface area contributed by atoms with Crippen LogP contribution in [0.4, 0.5) is 4.39 Å². The fourth-order valence-corrected chi connectivity index (χ4v) is 3.89. The van der Waals surface area contributed by atoms with Crippen molar-refractivity contribution in [3.05, 3.63) is 11.8 Å². The Morgan fingerprint density at radius 1 is 1.37 bits per heavy atom. The zero-order valence-corrected chi connectivity index (χ0v) is 16.4. The van der Waals surface area contributed by atoms with Gasteiger partial charge >= 0.3 is 0 Å². The Labute approximate surface area is 161 Å². The number of halogens is 1. The SMILES string of the molecule is CC(C)(O)CN/C=C(\CN)C1CCC(OC2CCNCC2F)C(C(N)=O)C1. The van der Waals surface area contributed by atoms with Crippen LogP contribution in [0.5, 0.6) is 0 Å². The van der Waals surface area contributed by atoms with Crippen molar-refractivity contribution in [2.24, 2.45) is 23.3 Å². The van der Waals surface area contributed by atoms with Gasteiger partial charge in [-0.1, -0.05) is 0 Å². The summed E-state index contributed by atoms with van der Waals surface area (Å²) in [5.41, 5.74) is 11.7. The maximum atomic E-state index is 14.1. The number of nitrogens with one attached hydrogen (secondary N) is 2. The minimum atomic E-state index is -1.06. The van der Waals surface area contributed by atoms with Gasteiger partial charge in [0.25, 0.3) is 0 Å². The lowest BCUT2D eigenvalue weighted by Crippen LogP contribution is -2.48. The van der Waals surface area contributed by atoms with Crippen LogP contribution >= 0.6 is 0 Å². The lowest BCUT2D eigenvalue weighted by atomic mass is 9.75. The molecule has 1 saturated heterocycles. The van der Waals surface area contributed by atoms with Gasteiger partial charge in [-0.15, -0.1) is 0 Å². The molecule has 0 bridgehead atoms. The van der Waals surface area contributed by atoms with Crippen LogP contribution in [0.25, 0.3) is 0 Å². The highest BCUT2D eigenvalue weighted by Gasteiger charge is 2.39. The summed E-state index contributed by atoms with van der Waals surface area (Å²) in [6, 6.07) is 0. The van der Waals surface area contributed by atoms with E-state index in [-0.39, 0.29) is 18.6 Å². The van der Waals surface area contributed by atoms with Gasteiger partial charge in [0, 0.05) is 19.6 Å². The highest BCUT2D eigenvalue weighted by atomic mass is 19.1. The lowest BCUT2D eigenvalue weighted by Gasteiger charge is -2.38. The molecule has 7 nitrogen and oxygen atoms in total. The van der Waals surface area contributed by atoms with Gasteiger partial charge in [0.2, 0.25) is 5.91 Å². The zero-order valence-electron chi connectivity index (χ0n) is 16.4. The summed E-state index contributed by atoms with van der Waals surface area (Å²) in [7, 11) is 0. The van der Waals surface area contributed by atoms with E-state index in [2.05, 4.69) is 10.6 Å². The van der Waals surface area contributed by atoms with Crippen LogP contribution in [0.2, 0.25) is 0 Å². The topological polar surface area (TPSA) is 123 Å². The van der Waals surface area contributed by atoms with Gasteiger partial charge in [0.15, 0.2) is 0 Å². The Morgan fingerprint density at radius 3 is 2.70 bits per heavy atom. The first-order valence-corrected chi connectivity index (χ1v) is 9.85. The van der Waals surface area contributed by atoms with E-state index in [9.17, 15) is 14.3 Å². The third-order valence-electron chi connectivity index (χ3n) is 5.43. The molecule has 8 heteroatoms. The normalized spacial score (nSPS) is 32.9. The van der Waals surface area contributed by atoms with E-state index in [0.29, 0.717) is 38.9 Å². The molecule has 5 atom stereocenters. The fraction of sp³-hybridized carbons (Fsp3) is 0.842. The van der Waals surface area contributed by atoms with Crippen LogP contribution in [-0.2, 0) is 9.53 Å². The summed E-state index contributed by atoms with van der Waals surface area (Å²) in [5, 5.41) is 15.9.